The zero-order valence-electron chi connectivity index (χ0n) is 24.0. The van der Waals surface area contributed by atoms with Gasteiger partial charge in [0.15, 0.2) is 0 Å². The van der Waals surface area contributed by atoms with E-state index in [0.717, 1.165) is 55.1 Å². The van der Waals surface area contributed by atoms with Crippen LogP contribution in [0.5, 0.6) is 0 Å². The molecule has 0 saturated heterocycles. The van der Waals surface area contributed by atoms with Gasteiger partial charge in [0.25, 0.3) is 0 Å². The van der Waals surface area contributed by atoms with Gasteiger partial charge in [-0.2, -0.15) is 13.2 Å². The molecule has 0 unspecified atom stereocenters. The summed E-state index contributed by atoms with van der Waals surface area (Å²) in [5, 5.41) is 6.56. The van der Waals surface area contributed by atoms with Crippen LogP contribution in [0.15, 0.2) is 74.5 Å². The van der Waals surface area contributed by atoms with Gasteiger partial charge in [-0.25, -0.2) is 13.1 Å². The Hall–Kier alpha value is -2.25. The summed E-state index contributed by atoms with van der Waals surface area (Å²) in [4.78, 5) is 12.9. The van der Waals surface area contributed by atoms with Gasteiger partial charge >= 0.3 is 6.18 Å². The number of aryl methyl sites for hydroxylation is 1. The molecule has 4 rings (SSSR count). The van der Waals surface area contributed by atoms with E-state index in [-0.39, 0.29) is 23.9 Å². The van der Waals surface area contributed by atoms with Crippen LogP contribution in [0.25, 0.3) is 0 Å². The summed E-state index contributed by atoms with van der Waals surface area (Å²) < 4.78 is 70.3. The van der Waals surface area contributed by atoms with E-state index in [2.05, 4.69) is 74.1 Å². The molecule has 0 aromatic heterocycles. The number of hydrogen-bond donors (Lipinski definition) is 3. The fourth-order valence-corrected chi connectivity index (χ4v) is 7.63. The van der Waals surface area contributed by atoms with E-state index in [1.807, 2.05) is 12.1 Å². The molecule has 1 amide bonds. The van der Waals surface area contributed by atoms with Crippen LogP contribution in [-0.2, 0) is 34.0 Å². The molecule has 232 valence electrons. The van der Waals surface area contributed by atoms with Crippen molar-refractivity contribution in [2.75, 3.05) is 0 Å². The van der Waals surface area contributed by atoms with Crippen LogP contribution in [0.3, 0.4) is 0 Å². The molecule has 0 heterocycles. The molecule has 12 heteroatoms. The predicted molar refractivity (Wildman–Crippen MR) is 168 cm³/mol. The summed E-state index contributed by atoms with van der Waals surface area (Å²) in [6.07, 6.45) is -2.45. The van der Waals surface area contributed by atoms with E-state index in [1.54, 1.807) is 18.2 Å². The van der Waals surface area contributed by atoms with Crippen molar-refractivity contribution in [2.45, 2.75) is 81.7 Å². The molecule has 43 heavy (non-hydrogen) atoms. The highest BCUT2D eigenvalue weighted by Gasteiger charge is 2.33. The van der Waals surface area contributed by atoms with Crippen LogP contribution in [-0.4, -0.2) is 19.9 Å². The highest BCUT2D eigenvalue weighted by Crippen LogP contribution is 2.33. The van der Waals surface area contributed by atoms with E-state index in [1.165, 1.54) is 5.56 Å². The Bertz CT molecular complexity index is 1570. The lowest BCUT2D eigenvalue weighted by molar-refractivity contribution is -0.137. The average Bonchev–Trinajstić information content (AvgIpc) is 2.90. The Kier molecular flexibility index (Phi) is 10.5. The highest BCUT2D eigenvalue weighted by atomic mass is 79.9. The summed E-state index contributed by atoms with van der Waals surface area (Å²) in [7, 11) is -4.43. The second-order valence-electron chi connectivity index (χ2n) is 11.8. The first-order chi connectivity index (χ1) is 20.0. The molecule has 1 aliphatic carbocycles. The van der Waals surface area contributed by atoms with Crippen molar-refractivity contribution in [1.29, 1.82) is 0 Å². The summed E-state index contributed by atoms with van der Waals surface area (Å²) in [6.45, 7) is 7.05. The molecule has 0 fully saturated rings. The lowest BCUT2D eigenvalue weighted by atomic mass is 9.86. The molecule has 2 atom stereocenters. The first-order valence-electron chi connectivity index (χ1n) is 13.8. The molecule has 0 saturated carbocycles. The maximum absolute atomic E-state index is 13.4. The van der Waals surface area contributed by atoms with Crippen LogP contribution < -0.4 is 15.4 Å². The number of amides is 1. The van der Waals surface area contributed by atoms with Crippen molar-refractivity contribution in [2.24, 2.45) is 0 Å². The Balaban J connectivity index is 1.56. The highest BCUT2D eigenvalue weighted by molar-refractivity contribution is 9.11. The second kappa shape index (κ2) is 13.4. The van der Waals surface area contributed by atoms with Gasteiger partial charge in [0.2, 0.25) is 15.9 Å². The second-order valence-corrected chi connectivity index (χ2v) is 15.3. The maximum atomic E-state index is 13.4. The van der Waals surface area contributed by atoms with E-state index < -0.39 is 32.7 Å². The Morgan fingerprint density at radius 3 is 2.35 bits per heavy atom. The predicted octanol–water partition coefficient (Wildman–Crippen LogP) is 7.72. The molecule has 0 aliphatic heterocycles. The number of benzene rings is 3. The van der Waals surface area contributed by atoms with Gasteiger partial charge in [0.05, 0.1) is 22.5 Å². The third kappa shape index (κ3) is 9.37. The van der Waals surface area contributed by atoms with Gasteiger partial charge in [0, 0.05) is 27.4 Å². The number of alkyl halides is 3. The number of nitrogens with one attached hydrogen (secondary N) is 3. The molecule has 3 aromatic carbocycles. The van der Waals surface area contributed by atoms with E-state index >= 15 is 0 Å². The number of carbonyl (C=O) groups excluding carboxylic acids is 1. The zero-order valence-corrected chi connectivity index (χ0v) is 28.0. The van der Waals surface area contributed by atoms with Crippen LogP contribution in [0.4, 0.5) is 13.2 Å². The molecule has 3 aromatic rings. The maximum Gasteiger partial charge on any atom is 0.416 e. The lowest BCUT2D eigenvalue weighted by Crippen LogP contribution is -2.36. The van der Waals surface area contributed by atoms with Gasteiger partial charge in [-0.05, 0) is 98.7 Å². The molecular weight excluding hydrogens is 711 g/mol. The van der Waals surface area contributed by atoms with Crippen molar-refractivity contribution in [1.82, 2.24) is 15.4 Å². The summed E-state index contributed by atoms with van der Waals surface area (Å²) in [5.41, 5.74) is 2.73. The number of sulfonamides is 1. The zero-order chi connectivity index (χ0) is 31.6. The molecule has 0 radical (unpaired) electrons. The monoisotopic (exact) mass is 743 g/mol. The summed E-state index contributed by atoms with van der Waals surface area (Å²) in [6, 6.07) is 13.6. The van der Waals surface area contributed by atoms with Crippen LogP contribution in [0.2, 0.25) is 0 Å². The summed E-state index contributed by atoms with van der Waals surface area (Å²) in [5.74, 6) is -0.385. The molecule has 3 N–H and O–H groups in total. The van der Waals surface area contributed by atoms with Crippen molar-refractivity contribution in [3.63, 3.8) is 0 Å². The minimum Gasteiger partial charge on any atom is -0.349 e. The molecular formula is C31H34Br2F3N3O3S. The summed E-state index contributed by atoms with van der Waals surface area (Å²) >= 11 is 6.78. The van der Waals surface area contributed by atoms with Gasteiger partial charge < -0.3 is 10.6 Å². The van der Waals surface area contributed by atoms with Gasteiger partial charge in [0.1, 0.15) is 0 Å². The molecule has 0 spiro atoms. The third-order valence-corrected chi connectivity index (χ3v) is 9.51. The fraction of sp³-hybridized carbons (Fsp3) is 0.387. The largest absolute Gasteiger partial charge is 0.416 e. The van der Waals surface area contributed by atoms with Crippen LogP contribution in [0, 0.1) is 0 Å². The van der Waals surface area contributed by atoms with E-state index in [0.29, 0.717) is 20.6 Å². The van der Waals surface area contributed by atoms with Crippen LogP contribution >= 0.6 is 31.9 Å². The molecule has 6 nitrogen and oxygen atoms in total. The first kappa shape index (κ1) is 33.6. The Morgan fingerprint density at radius 2 is 1.70 bits per heavy atom. The number of fused-ring (bicyclic) bond motifs is 1. The van der Waals surface area contributed by atoms with E-state index in [9.17, 15) is 26.4 Å². The van der Waals surface area contributed by atoms with Gasteiger partial charge in [-0.15, -0.1) is 0 Å². The quantitative estimate of drug-likeness (QED) is 0.210. The van der Waals surface area contributed by atoms with Crippen molar-refractivity contribution in [3.8, 4) is 0 Å². The van der Waals surface area contributed by atoms with E-state index in [4.69, 9.17) is 0 Å². The minimum atomic E-state index is -4.71. The standard InChI is InChI=1S/C31H34Br2F3N3O3S/c1-30(2,3)37-18-19-10-11-26-20(12-19)6-4-9-27(26)38-29(40)17-28(21-13-23(32)16-24(33)14-21)39-43(41,42)25-8-5-7-22(15-25)31(34,35)36/h5,7-8,10-16,27-28,37,39H,4,6,9,17-18H2,1-3H3,(H,38,40)/t27-,28-/m1/s1. The Labute approximate surface area is 267 Å². The number of hydrogen-bond acceptors (Lipinski definition) is 4. The van der Waals surface area contributed by atoms with Gasteiger partial charge in [-0.3, -0.25) is 4.79 Å². The smallest absolute Gasteiger partial charge is 0.349 e. The van der Waals surface area contributed by atoms with Crippen molar-refractivity contribution in [3.05, 3.63) is 97.4 Å². The average molecular weight is 746 g/mol. The molecule has 1 aliphatic rings. The fourth-order valence-electron chi connectivity index (χ4n) is 5.03. The van der Waals surface area contributed by atoms with Crippen molar-refractivity contribution >= 4 is 47.8 Å². The van der Waals surface area contributed by atoms with Crippen molar-refractivity contribution < 1.29 is 26.4 Å². The normalized spacial score (nSPS) is 16.4. The number of carbonyl (C=O) groups is 1. The SMILES string of the molecule is CC(C)(C)NCc1ccc2c(c1)CCC[C@H]2NC(=O)C[C@@H](NS(=O)(=O)c1cccc(C(F)(F)F)c1)c1cc(Br)cc(Br)c1. The topological polar surface area (TPSA) is 87.3 Å². The lowest BCUT2D eigenvalue weighted by Gasteiger charge is -2.28. The third-order valence-electron chi connectivity index (χ3n) is 7.13. The first-order valence-corrected chi connectivity index (χ1v) is 16.9. The number of halogens is 5. The minimum absolute atomic E-state index is 0.0183. The Morgan fingerprint density at radius 1 is 1.00 bits per heavy atom. The molecule has 0 bridgehead atoms. The van der Waals surface area contributed by atoms with Crippen LogP contribution in [0.1, 0.15) is 79.9 Å². The van der Waals surface area contributed by atoms with Gasteiger partial charge in [-0.1, -0.05) is 56.1 Å². The number of rotatable bonds is 9.